The predicted molar refractivity (Wildman–Crippen MR) is 129 cm³/mol. The second kappa shape index (κ2) is 8.22. The minimum Gasteiger partial charge on any atom is -0.339 e. The lowest BCUT2D eigenvalue weighted by molar-refractivity contribution is 0.509. The number of rotatable bonds is 4. The molecule has 3 aromatic heterocycles. The van der Waals surface area contributed by atoms with Crippen LogP contribution in [0, 0.1) is 25.5 Å². The Balaban J connectivity index is 1.50. The highest BCUT2D eigenvalue weighted by molar-refractivity contribution is 5.85. The molecule has 0 unspecified atom stereocenters. The predicted octanol–water partition coefficient (Wildman–Crippen LogP) is 5.63. The van der Waals surface area contributed by atoms with Crippen molar-refractivity contribution >= 4 is 22.4 Å². The van der Waals surface area contributed by atoms with E-state index in [9.17, 15) is 13.6 Å². The first-order valence-electron chi connectivity index (χ1n) is 10.7. The molecule has 8 heteroatoms. The van der Waals surface area contributed by atoms with E-state index in [1.807, 2.05) is 44.2 Å². The van der Waals surface area contributed by atoms with Gasteiger partial charge in [-0.25, -0.2) is 8.78 Å². The van der Waals surface area contributed by atoms with Crippen molar-refractivity contribution < 1.29 is 8.78 Å². The Morgan fingerprint density at radius 2 is 1.76 bits per heavy atom. The summed E-state index contributed by atoms with van der Waals surface area (Å²) in [7, 11) is 1.76. The van der Waals surface area contributed by atoms with E-state index in [1.54, 1.807) is 23.9 Å². The number of hydrogen-bond acceptors (Lipinski definition) is 4. The number of aromatic nitrogens is 4. The lowest BCUT2D eigenvalue weighted by atomic mass is 9.99. The largest absolute Gasteiger partial charge is 0.339 e. The van der Waals surface area contributed by atoms with Crippen LogP contribution in [0.1, 0.15) is 11.3 Å². The van der Waals surface area contributed by atoms with E-state index in [-0.39, 0.29) is 5.56 Å². The van der Waals surface area contributed by atoms with Crippen LogP contribution in [0.3, 0.4) is 0 Å². The summed E-state index contributed by atoms with van der Waals surface area (Å²) in [6.07, 6.45) is 1.77. The van der Waals surface area contributed by atoms with E-state index in [0.717, 1.165) is 45.5 Å². The maximum atomic E-state index is 13.6. The number of benzene rings is 2. The molecule has 0 radical (unpaired) electrons. The first kappa shape index (κ1) is 21.5. The SMILES string of the molecule is Cc1cc2c(cn1)cc(-c1cc(Nc3cc(-c4ccc(F)c(F)c4)[nH]n3)ccc1C)c(=O)n2C. The molecular weight excluding hydrogens is 436 g/mol. The average Bonchev–Trinajstić information content (AvgIpc) is 3.28. The molecule has 170 valence electrons. The number of pyridine rings is 2. The Kier molecular flexibility index (Phi) is 5.20. The number of aromatic amines is 1. The van der Waals surface area contributed by atoms with E-state index in [0.29, 0.717) is 22.6 Å². The molecule has 0 aliphatic rings. The van der Waals surface area contributed by atoms with Crippen molar-refractivity contribution in [3.8, 4) is 22.4 Å². The molecule has 0 amide bonds. The fraction of sp³-hybridized carbons (Fsp3) is 0.115. The minimum atomic E-state index is -0.924. The Bertz CT molecular complexity index is 1620. The van der Waals surface area contributed by atoms with Gasteiger partial charge in [0.15, 0.2) is 17.5 Å². The molecule has 5 rings (SSSR count). The molecule has 0 spiro atoms. The summed E-state index contributed by atoms with van der Waals surface area (Å²) in [5.41, 5.74) is 5.65. The van der Waals surface area contributed by atoms with Gasteiger partial charge in [-0.3, -0.25) is 14.9 Å². The van der Waals surface area contributed by atoms with Crippen molar-refractivity contribution in [2.45, 2.75) is 13.8 Å². The molecule has 2 N–H and O–H groups in total. The molecule has 0 fully saturated rings. The molecule has 2 aromatic carbocycles. The van der Waals surface area contributed by atoms with Crippen LogP contribution >= 0.6 is 0 Å². The Hall–Kier alpha value is -4.33. The molecule has 0 saturated heterocycles. The van der Waals surface area contributed by atoms with Crippen LogP contribution in [-0.2, 0) is 7.05 Å². The standard InChI is InChI=1S/C26H21F2N5O/c1-14-4-6-18(30-25-12-23(31-32-25)16-5-7-21(27)22(28)10-16)11-19(14)20-9-17-13-29-15(2)8-24(17)33(3)26(20)34/h4-13H,1-3H3,(H2,30,31,32). The second-order valence-corrected chi connectivity index (χ2v) is 8.26. The first-order valence-corrected chi connectivity index (χ1v) is 10.7. The maximum Gasteiger partial charge on any atom is 0.258 e. The number of hydrogen-bond donors (Lipinski definition) is 2. The molecule has 5 aromatic rings. The highest BCUT2D eigenvalue weighted by Crippen LogP contribution is 2.29. The topological polar surface area (TPSA) is 75.6 Å². The third-order valence-corrected chi connectivity index (χ3v) is 5.85. The van der Waals surface area contributed by atoms with Crippen LogP contribution in [0.15, 0.2) is 65.6 Å². The van der Waals surface area contributed by atoms with Crippen LogP contribution in [0.2, 0.25) is 0 Å². The Labute approximate surface area is 193 Å². The van der Waals surface area contributed by atoms with E-state index in [1.165, 1.54) is 6.07 Å². The van der Waals surface area contributed by atoms with E-state index in [4.69, 9.17) is 0 Å². The van der Waals surface area contributed by atoms with Crippen molar-refractivity contribution in [3.63, 3.8) is 0 Å². The summed E-state index contributed by atoms with van der Waals surface area (Å²) in [6.45, 7) is 3.84. The van der Waals surface area contributed by atoms with Crippen molar-refractivity contribution in [1.82, 2.24) is 19.7 Å². The summed E-state index contributed by atoms with van der Waals surface area (Å²) in [5.74, 6) is -1.33. The van der Waals surface area contributed by atoms with Gasteiger partial charge in [-0.05, 0) is 67.4 Å². The van der Waals surface area contributed by atoms with E-state index < -0.39 is 11.6 Å². The third kappa shape index (κ3) is 3.83. The van der Waals surface area contributed by atoms with Crippen molar-refractivity contribution in [3.05, 3.63) is 94.0 Å². The van der Waals surface area contributed by atoms with Crippen LogP contribution in [0.5, 0.6) is 0 Å². The summed E-state index contributed by atoms with van der Waals surface area (Å²) in [5, 5.41) is 11.1. The lowest BCUT2D eigenvalue weighted by Gasteiger charge is -2.13. The Morgan fingerprint density at radius 3 is 2.56 bits per heavy atom. The normalized spacial score (nSPS) is 11.2. The van der Waals surface area contributed by atoms with Crippen LogP contribution < -0.4 is 10.9 Å². The highest BCUT2D eigenvalue weighted by atomic mass is 19.2. The molecule has 34 heavy (non-hydrogen) atoms. The number of halogens is 2. The zero-order valence-electron chi connectivity index (χ0n) is 18.8. The summed E-state index contributed by atoms with van der Waals surface area (Å²) in [4.78, 5) is 17.5. The minimum absolute atomic E-state index is 0.0984. The number of nitrogens with one attached hydrogen (secondary N) is 2. The van der Waals surface area contributed by atoms with Gasteiger partial charge in [0.25, 0.3) is 5.56 Å². The number of H-pyrrole nitrogens is 1. The molecule has 6 nitrogen and oxygen atoms in total. The van der Waals surface area contributed by atoms with Gasteiger partial charge in [0.1, 0.15) is 0 Å². The Morgan fingerprint density at radius 1 is 0.941 bits per heavy atom. The first-order chi connectivity index (χ1) is 16.3. The summed E-state index contributed by atoms with van der Waals surface area (Å²) >= 11 is 0. The lowest BCUT2D eigenvalue weighted by Crippen LogP contribution is -2.19. The number of aryl methyl sites for hydroxylation is 3. The quantitative estimate of drug-likeness (QED) is 0.367. The molecular formula is C26H21F2N5O. The van der Waals surface area contributed by atoms with Crippen LogP contribution in [-0.4, -0.2) is 19.7 Å². The van der Waals surface area contributed by atoms with Gasteiger partial charge in [0, 0.05) is 47.2 Å². The molecule has 0 bridgehead atoms. The van der Waals surface area contributed by atoms with Gasteiger partial charge in [-0.15, -0.1) is 0 Å². The molecule has 3 heterocycles. The van der Waals surface area contributed by atoms with Crippen molar-refractivity contribution in [1.29, 1.82) is 0 Å². The third-order valence-electron chi connectivity index (χ3n) is 5.85. The fourth-order valence-electron chi connectivity index (χ4n) is 3.99. The van der Waals surface area contributed by atoms with Gasteiger partial charge in [-0.1, -0.05) is 6.07 Å². The monoisotopic (exact) mass is 457 g/mol. The summed E-state index contributed by atoms with van der Waals surface area (Å²) in [6, 6.07) is 14.8. The van der Waals surface area contributed by atoms with Crippen molar-refractivity contribution in [2.75, 3.05) is 5.32 Å². The smallest absolute Gasteiger partial charge is 0.258 e. The molecule has 0 aliphatic carbocycles. The van der Waals surface area contributed by atoms with Gasteiger partial charge in [0.05, 0.1) is 11.2 Å². The zero-order chi connectivity index (χ0) is 24.0. The highest BCUT2D eigenvalue weighted by Gasteiger charge is 2.13. The van der Waals surface area contributed by atoms with Gasteiger partial charge < -0.3 is 9.88 Å². The van der Waals surface area contributed by atoms with Crippen LogP contribution in [0.25, 0.3) is 33.3 Å². The molecule has 0 atom stereocenters. The average molecular weight is 457 g/mol. The van der Waals surface area contributed by atoms with Crippen LogP contribution in [0.4, 0.5) is 20.3 Å². The number of fused-ring (bicyclic) bond motifs is 1. The number of anilines is 2. The second-order valence-electron chi connectivity index (χ2n) is 8.26. The van der Waals surface area contributed by atoms with E-state index in [2.05, 4.69) is 20.5 Å². The maximum absolute atomic E-state index is 13.6. The van der Waals surface area contributed by atoms with Gasteiger partial charge in [-0.2, -0.15) is 5.10 Å². The summed E-state index contributed by atoms with van der Waals surface area (Å²) < 4.78 is 28.5. The number of nitrogens with zero attached hydrogens (tertiary/aromatic N) is 3. The van der Waals surface area contributed by atoms with Crippen molar-refractivity contribution in [2.24, 2.45) is 7.05 Å². The van der Waals surface area contributed by atoms with E-state index >= 15 is 0 Å². The molecule has 0 aliphatic heterocycles. The fourth-order valence-corrected chi connectivity index (χ4v) is 3.99. The molecule has 0 saturated carbocycles. The zero-order valence-corrected chi connectivity index (χ0v) is 18.8. The van der Waals surface area contributed by atoms with Gasteiger partial charge in [0.2, 0.25) is 0 Å². The van der Waals surface area contributed by atoms with Gasteiger partial charge >= 0.3 is 0 Å².